The molecule has 8 nitrogen and oxygen atoms in total. The largest absolute Gasteiger partial charge is 0.497 e. The maximum Gasteiger partial charge on any atom is 0.259 e. The van der Waals surface area contributed by atoms with Gasteiger partial charge in [0, 0.05) is 17.3 Å². The first kappa shape index (κ1) is 22.8. The summed E-state index contributed by atoms with van der Waals surface area (Å²) in [7, 11) is 4.68. The van der Waals surface area contributed by atoms with Crippen molar-refractivity contribution in [3.63, 3.8) is 0 Å². The van der Waals surface area contributed by atoms with E-state index < -0.39 is 5.92 Å². The zero-order valence-corrected chi connectivity index (χ0v) is 19.4. The minimum Gasteiger partial charge on any atom is -0.497 e. The third-order valence-electron chi connectivity index (χ3n) is 5.94. The predicted molar refractivity (Wildman–Crippen MR) is 126 cm³/mol. The molecule has 1 aromatic heterocycles. The van der Waals surface area contributed by atoms with Gasteiger partial charge in [-0.25, -0.2) is 0 Å². The Morgan fingerprint density at radius 1 is 1.03 bits per heavy atom. The van der Waals surface area contributed by atoms with Gasteiger partial charge in [-0.15, -0.1) is 0 Å². The number of ether oxygens (including phenoxy) is 4. The molecule has 0 unspecified atom stereocenters. The second kappa shape index (κ2) is 9.24. The number of fused-ring (bicyclic) bond motifs is 1. The van der Waals surface area contributed by atoms with Gasteiger partial charge in [-0.2, -0.15) is 5.26 Å². The summed E-state index contributed by atoms with van der Waals surface area (Å²) >= 11 is 0. The summed E-state index contributed by atoms with van der Waals surface area (Å²) in [6, 6.07) is 16.6. The monoisotopic (exact) mass is 459 g/mol. The lowest BCUT2D eigenvalue weighted by molar-refractivity contribution is 0.380. The first-order chi connectivity index (χ1) is 16.4. The number of rotatable bonds is 6. The molecule has 1 atom stereocenters. The first-order valence-corrected chi connectivity index (χ1v) is 10.6. The average molecular weight is 460 g/mol. The van der Waals surface area contributed by atoms with Crippen molar-refractivity contribution in [2.24, 2.45) is 5.73 Å². The van der Waals surface area contributed by atoms with Gasteiger partial charge in [0.15, 0.2) is 0 Å². The average Bonchev–Trinajstić information content (AvgIpc) is 2.85. The van der Waals surface area contributed by atoms with E-state index in [9.17, 15) is 10.1 Å². The van der Waals surface area contributed by atoms with Crippen molar-refractivity contribution in [3.05, 3.63) is 92.7 Å². The fraction of sp³-hybridized carbons (Fsp3) is 0.231. The zero-order chi connectivity index (χ0) is 24.4. The Labute approximate surface area is 197 Å². The van der Waals surface area contributed by atoms with Crippen molar-refractivity contribution >= 4 is 0 Å². The second-order valence-electron chi connectivity index (χ2n) is 7.84. The summed E-state index contributed by atoms with van der Waals surface area (Å²) < 4.78 is 23.6. The van der Waals surface area contributed by atoms with Gasteiger partial charge < -0.3 is 29.2 Å². The van der Waals surface area contributed by atoms with E-state index in [2.05, 4.69) is 6.07 Å². The molecule has 0 aliphatic carbocycles. The standard InChI is InChI=1S/C26H25N3O5/c1-15-11-22-24(26(30)29(15)14-16-5-7-17(31-2)8-6-16)23(20(13-27)25(28)34-22)19-12-18(32-3)9-10-21(19)33-4/h5-12,23H,14,28H2,1-4H3/t23-/m0/s1. The summed E-state index contributed by atoms with van der Waals surface area (Å²) in [4.78, 5) is 13.9. The van der Waals surface area contributed by atoms with Gasteiger partial charge in [-0.05, 0) is 42.8 Å². The first-order valence-electron chi connectivity index (χ1n) is 10.6. The minimum atomic E-state index is -0.783. The Balaban J connectivity index is 1.93. The summed E-state index contributed by atoms with van der Waals surface area (Å²) in [6.07, 6.45) is 0. The molecule has 2 aromatic carbocycles. The lowest BCUT2D eigenvalue weighted by Crippen LogP contribution is -2.33. The molecule has 174 valence electrons. The number of nitriles is 1. The van der Waals surface area contributed by atoms with E-state index in [-0.39, 0.29) is 17.0 Å². The summed E-state index contributed by atoms with van der Waals surface area (Å²) in [6.45, 7) is 2.17. The van der Waals surface area contributed by atoms with E-state index in [0.717, 1.165) is 11.3 Å². The third-order valence-corrected chi connectivity index (χ3v) is 5.94. The Hall–Kier alpha value is -4.38. The fourth-order valence-corrected chi connectivity index (χ4v) is 4.17. The van der Waals surface area contributed by atoms with E-state index >= 15 is 0 Å². The van der Waals surface area contributed by atoms with Gasteiger partial charge in [0.05, 0.1) is 39.4 Å². The molecule has 2 heterocycles. The molecule has 4 rings (SSSR count). The molecule has 34 heavy (non-hydrogen) atoms. The van der Waals surface area contributed by atoms with E-state index in [1.807, 2.05) is 31.2 Å². The van der Waals surface area contributed by atoms with Gasteiger partial charge in [0.2, 0.25) is 5.88 Å². The van der Waals surface area contributed by atoms with Crippen molar-refractivity contribution in [2.45, 2.75) is 19.4 Å². The second-order valence-corrected chi connectivity index (χ2v) is 7.84. The number of hydrogen-bond donors (Lipinski definition) is 1. The number of nitrogens with two attached hydrogens (primary N) is 1. The molecule has 2 N–H and O–H groups in total. The number of hydrogen-bond acceptors (Lipinski definition) is 7. The van der Waals surface area contributed by atoms with Crippen LogP contribution in [0.1, 0.15) is 28.3 Å². The van der Waals surface area contributed by atoms with Crippen LogP contribution in [-0.4, -0.2) is 25.9 Å². The smallest absolute Gasteiger partial charge is 0.259 e. The van der Waals surface area contributed by atoms with E-state index in [1.165, 1.54) is 7.11 Å². The highest BCUT2D eigenvalue weighted by Crippen LogP contribution is 2.44. The Kier molecular flexibility index (Phi) is 6.19. The molecule has 0 spiro atoms. The Morgan fingerprint density at radius 3 is 2.32 bits per heavy atom. The third kappa shape index (κ3) is 3.92. The SMILES string of the molecule is COc1ccc(Cn2c(C)cc3c(c2=O)[C@@H](c2cc(OC)ccc2OC)C(C#N)=C(N)O3)cc1. The maximum atomic E-state index is 13.9. The van der Waals surface area contributed by atoms with Gasteiger partial charge >= 0.3 is 0 Å². The molecule has 3 aromatic rings. The lowest BCUT2D eigenvalue weighted by atomic mass is 9.83. The normalized spacial score (nSPS) is 14.6. The van der Waals surface area contributed by atoms with Gasteiger partial charge in [0.1, 0.15) is 34.6 Å². The van der Waals surface area contributed by atoms with Gasteiger partial charge in [0.25, 0.3) is 5.56 Å². The highest BCUT2D eigenvalue weighted by molar-refractivity contribution is 5.59. The summed E-state index contributed by atoms with van der Waals surface area (Å²) in [5.74, 6) is 1.29. The lowest BCUT2D eigenvalue weighted by Gasteiger charge is -2.28. The van der Waals surface area contributed by atoms with Crippen LogP contribution in [0.25, 0.3) is 0 Å². The van der Waals surface area contributed by atoms with Crippen molar-refractivity contribution in [3.8, 4) is 29.1 Å². The maximum absolute atomic E-state index is 13.9. The van der Waals surface area contributed by atoms with E-state index in [4.69, 9.17) is 24.7 Å². The quantitative estimate of drug-likeness (QED) is 0.601. The molecule has 0 bridgehead atoms. The number of aromatic nitrogens is 1. The molecule has 1 aliphatic heterocycles. The highest BCUT2D eigenvalue weighted by Gasteiger charge is 2.36. The summed E-state index contributed by atoms with van der Waals surface area (Å²) in [5, 5.41) is 9.95. The number of methoxy groups -OCH3 is 3. The van der Waals surface area contributed by atoms with Crippen LogP contribution in [0.3, 0.4) is 0 Å². The van der Waals surface area contributed by atoms with Crippen LogP contribution in [0.2, 0.25) is 0 Å². The van der Waals surface area contributed by atoms with E-state index in [0.29, 0.717) is 40.6 Å². The number of aryl methyl sites for hydroxylation is 1. The molecular weight excluding hydrogens is 434 g/mol. The predicted octanol–water partition coefficient (Wildman–Crippen LogP) is 3.45. The van der Waals surface area contributed by atoms with Crippen LogP contribution in [0.5, 0.6) is 23.0 Å². The molecule has 1 aliphatic rings. The van der Waals surface area contributed by atoms with Gasteiger partial charge in [-0.1, -0.05) is 12.1 Å². The zero-order valence-electron chi connectivity index (χ0n) is 19.4. The number of pyridine rings is 1. The Bertz CT molecular complexity index is 1370. The molecular formula is C26H25N3O5. The molecule has 0 saturated carbocycles. The topological polar surface area (TPSA) is 109 Å². The summed E-state index contributed by atoms with van der Waals surface area (Å²) in [5.41, 5.74) is 8.51. The fourth-order valence-electron chi connectivity index (χ4n) is 4.17. The molecule has 8 heteroatoms. The highest BCUT2D eigenvalue weighted by atomic mass is 16.5. The van der Waals surface area contributed by atoms with E-state index in [1.54, 1.807) is 43.1 Å². The van der Waals surface area contributed by atoms with Crippen LogP contribution in [-0.2, 0) is 6.54 Å². The van der Waals surface area contributed by atoms with Crippen LogP contribution < -0.4 is 30.2 Å². The number of nitrogens with zero attached hydrogens (tertiary/aromatic N) is 2. The molecule has 0 fully saturated rings. The minimum absolute atomic E-state index is 0.0448. The number of allylic oxidation sites excluding steroid dienone is 1. The Morgan fingerprint density at radius 2 is 1.71 bits per heavy atom. The number of benzene rings is 2. The molecule has 0 saturated heterocycles. The van der Waals surface area contributed by atoms with Crippen molar-refractivity contribution in [1.82, 2.24) is 4.57 Å². The van der Waals surface area contributed by atoms with Crippen molar-refractivity contribution in [1.29, 1.82) is 5.26 Å². The van der Waals surface area contributed by atoms with Crippen LogP contribution in [0, 0.1) is 18.3 Å². The van der Waals surface area contributed by atoms with Crippen LogP contribution in [0.15, 0.2) is 64.8 Å². The molecule has 0 radical (unpaired) electrons. The van der Waals surface area contributed by atoms with Gasteiger partial charge in [-0.3, -0.25) is 4.79 Å². The van der Waals surface area contributed by atoms with Crippen LogP contribution >= 0.6 is 0 Å². The molecule has 0 amide bonds. The van der Waals surface area contributed by atoms with Crippen molar-refractivity contribution in [2.75, 3.05) is 21.3 Å². The van der Waals surface area contributed by atoms with Crippen molar-refractivity contribution < 1.29 is 18.9 Å². The van der Waals surface area contributed by atoms with Crippen LogP contribution in [0.4, 0.5) is 0 Å².